The molecule has 0 unspecified atom stereocenters. The summed E-state index contributed by atoms with van der Waals surface area (Å²) in [5.74, 6) is -0.264. The van der Waals surface area contributed by atoms with E-state index in [0.29, 0.717) is 26.1 Å². The third-order valence-corrected chi connectivity index (χ3v) is 1.91. The highest BCUT2D eigenvalue weighted by Gasteiger charge is 2.07. The summed E-state index contributed by atoms with van der Waals surface area (Å²) in [6, 6.07) is 0. The zero-order chi connectivity index (χ0) is 11.7. The lowest BCUT2D eigenvalue weighted by Crippen LogP contribution is -2.36. The Labute approximate surface area is 90.8 Å². The van der Waals surface area contributed by atoms with E-state index in [1.54, 1.807) is 11.9 Å². The van der Waals surface area contributed by atoms with Gasteiger partial charge in [-0.15, -0.1) is 0 Å². The maximum Gasteiger partial charge on any atom is 0.306 e. The molecule has 5 heteroatoms. The lowest BCUT2D eigenvalue weighted by atomic mass is 10.4. The molecule has 0 aromatic heterocycles. The number of likely N-dealkylation sites (N-methyl/N-ethyl adjacent to an activating group) is 1. The molecule has 0 aliphatic rings. The van der Waals surface area contributed by atoms with Crippen LogP contribution < -0.4 is 5.32 Å². The smallest absolute Gasteiger partial charge is 0.306 e. The Morgan fingerprint density at radius 2 is 2.07 bits per heavy atom. The van der Waals surface area contributed by atoms with Gasteiger partial charge in [0.05, 0.1) is 20.1 Å². The summed E-state index contributed by atoms with van der Waals surface area (Å²) in [4.78, 5) is 23.9. The predicted molar refractivity (Wildman–Crippen MR) is 57.4 cm³/mol. The summed E-state index contributed by atoms with van der Waals surface area (Å²) in [5, 5.41) is 2.77. The highest BCUT2D eigenvalue weighted by Crippen LogP contribution is 1.89. The number of nitrogens with zero attached hydrogens (tertiary/aromatic N) is 1. The van der Waals surface area contributed by atoms with E-state index < -0.39 is 0 Å². The van der Waals surface area contributed by atoms with Crippen LogP contribution in [0, 0.1) is 0 Å². The minimum atomic E-state index is -0.254. The fraction of sp³-hybridized carbons (Fsp3) is 0.800. The Hall–Kier alpha value is -1.10. The summed E-state index contributed by atoms with van der Waals surface area (Å²) in [6.07, 6.45) is 1.24. The molecule has 0 saturated heterocycles. The average Bonchev–Trinajstić information content (AvgIpc) is 2.22. The number of ether oxygens (including phenoxy) is 1. The SMILES string of the molecule is CCCNC(=O)CN(C)CCC(=O)OC. The van der Waals surface area contributed by atoms with Crippen molar-refractivity contribution in [3.05, 3.63) is 0 Å². The predicted octanol–water partition coefficient (Wildman–Crippen LogP) is 0.00750. The van der Waals surface area contributed by atoms with Gasteiger partial charge in [-0.3, -0.25) is 14.5 Å². The van der Waals surface area contributed by atoms with E-state index in [-0.39, 0.29) is 11.9 Å². The number of rotatable bonds is 7. The maximum absolute atomic E-state index is 11.3. The fourth-order valence-electron chi connectivity index (χ4n) is 1.03. The Balaban J connectivity index is 3.59. The molecule has 1 N–H and O–H groups in total. The molecule has 0 radical (unpaired) electrons. The molecule has 0 aliphatic heterocycles. The molecular weight excluding hydrogens is 196 g/mol. The number of amides is 1. The molecule has 0 atom stereocenters. The van der Waals surface area contributed by atoms with Crippen molar-refractivity contribution in [3.8, 4) is 0 Å². The molecular formula is C10H20N2O3. The summed E-state index contributed by atoms with van der Waals surface area (Å²) in [7, 11) is 3.16. The summed E-state index contributed by atoms with van der Waals surface area (Å²) < 4.78 is 4.50. The standard InChI is InChI=1S/C10H20N2O3/c1-4-6-11-9(13)8-12(2)7-5-10(14)15-3/h4-8H2,1-3H3,(H,11,13). The first-order valence-electron chi connectivity index (χ1n) is 5.12. The number of nitrogens with one attached hydrogen (secondary N) is 1. The molecule has 5 nitrogen and oxygen atoms in total. The molecule has 0 aliphatic carbocycles. The van der Waals surface area contributed by atoms with E-state index in [0.717, 1.165) is 6.42 Å². The molecule has 0 aromatic rings. The first-order valence-corrected chi connectivity index (χ1v) is 5.12. The van der Waals surface area contributed by atoms with E-state index in [1.807, 2.05) is 6.92 Å². The van der Waals surface area contributed by atoms with E-state index in [9.17, 15) is 9.59 Å². The topological polar surface area (TPSA) is 58.6 Å². The van der Waals surface area contributed by atoms with Crippen molar-refractivity contribution < 1.29 is 14.3 Å². The second kappa shape index (κ2) is 8.23. The largest absolute Gasteiger partial charge is 0.469 e. The van der Waals surface area contributed by atoms with Gasteiger partial charge in [0, 0.05) is 13.1 Å². The van der Waals surface area contributed by atoms with Crippen LogP contribution in [0.5, 0.6) is 0 Å². The van der Waals surface area contributed by atoms with Crippen LogP contribution in [0.1, 0.15) is 19.8 Å². The van der Waals surface area contributed by atoms with Crippen LogP contribution in [0.3, 0.4) is 0 Å². The number of carbonyl (C=O) groups is 2. The molecule has 0 bridgehead atoms. The number of carbonyl (C=O) groups excluding carboxylic acids is 2. The van der Waals surface area contributed by atoms with Gasteiger partial charge in [-0.05, 0) is 13.5 Å². The fourth-order valence-corrected chi connectivity index (χ4v) is 1.03. The molecule has 88 valence electrons. The Kier molecular flexibility index (Phi) is 7.62. The second-order valence-electron chi connectivity index (χ2n) is 3.41. The molecule has 0 spiro atoms. The van der Waals surface area contributed by atoms with Crippen molar-refractivity contribution in [3.63, 3.8) is 0 Å². The average molecular weight is 216 g/mol. The van der Waals surface area contributed by atoms with Gasteiger partial charge >= 0.3 is 5.97 Å². The summed E-state index contributed by atoms with van der Waals surface area (Å²) in [6.45, 7) is 3.55. The van der Waals surface area contributed by atoms with Crippen LogP contribution in [0.2, 0.25) is 0 Å². The van der Waals surface area contributed by atoms with E-state index in [2.05, 4.69) is 10.1 Å². The normalized spacial score (nSPS) is 10.1. The minimum Gasteiger partial charge on any atom is -0.469 e. The van der Waals surface area contributed by atoms with Crippen LogP contribution in [0.25, 0.3) is 0 Å². The molecule has 1 amide bonds. The first kappa shape index (κ1) is 13.9. The van der Waals surface area contributed by atoms with Crippen LogP contribution in [0.4, 0.5) is 0 Å². The summed E-state index contributed by atoms with van der Waals surface area (Å²) >= 11 is 0. The highest BCUT2D eigenvalue weighted by atomic mass is 16.5. The zero-order valence-corrected chi connectivity index (χ0v) is 9.71. The van der Waals surface area contributed by atoms with Gasteiger partial charge in [0.15, 0.2) is 0 Å². The quantitative estimate of drug-likeness (QED) is 0.609. The van der Waals surface area contributed by atoms with Gasteiger partial charge in [0.1, 0.15) is 0 Å². The lowest BCUT2D eigenvalue weighted by molar-refractivity contribution is -0.141. The van der Waals surface area contributed by atoms with Gasteiger partial charge < -0.3 is 10.1 Å². The Bertz CT molecular complexity index is 207. The van der Waals surface area contributed by atoms with Gasteiger partial charge in [-0.25, -0.2) is 0 Å². The van der Waals surface area contributed by atoms with Gasteiger partial charge in [-0.2, -0.15) is 0 Å². The molecule has 0 saturated carbocycles. The van der Waals surface area contributed by atoms with Crippen LogP contribution >= 0.6 is 0 Å². The van der Waals surface area contributed by atoms with Crippen molar-refractivity contribution in [1.29, 1.82) is 0 Å². The number of hydrogen-bond acceptors (Lipinski definition) is 4. The van der Waals surface area contributed by atoms with Crippen LogP contribution in [-0.2, 0) is 14.3 Å². The lowest BCUT2D eigenvalue weighted by Gasteiger charge is -2.15. The van der Waals surface area contributed by atoms with Gasteiger partial charge in [-0.1, -0.05) is 6.92 Å². The van der Waals surface area contributed by atoms with E-state index >= 15 is 0 Å². The van der Waals surface area contributed by atoms with Crippen molar-refractivity contribution in [2.75, 3.05) is 33.8 Å². The van der Waals surface area contributed by atoms with Crippen molar-refractivity contribution in [1.82, 2.24) is 10.2 Å². The maximum atomic E-state index is 11.3. The minimum absolute atomic E-state index is 0.00999. The Morgan fingerprint density at radius 3 is 2.60 bits per heavy atom. The molecule has 0 aromatic carbocycles. The zero-order valence-electron chi connectivity index (χ0n) is 9.71. The Morgan fingerprint density at radius 1 is 1.40 bits per heavy atom. The number of esters is 1. The van der Waals surface area contributed by atoms with Crippen LogP contribution in [0.15, 0.2) is 0 Å². The monoisotopic (exact) mass is 216 g/mol. The number of hydrogen-bond donors (Lipinski definition) is 1. The second-order valence-corrected chi connectivity index (χ2v) is 3.41. The van der Waals surface area contributed by atoms with Crippen molar-refractivity contribution >= 4 is 11.9 Å². The molecule has 15 heavy (non-hydrogen) atoms. The van der Waals surface area contributed by atoms with Crippen LogP contribution in [-0.4, -0.2) is 50.6 Å². The van der Waals surface area contributed by atoms with Gasteiger partial charge in [0.2, 0.25) is 5.91 Å². The van der Waals surface area contributed by atoms with E-state index in [1.165, 1.54) is 7.11 Å². The van der Waals surface area contributed by atoms with Crippen molar-refractivity contribution in [2.24, 2.45) is 0 Å². The molecule has 0 rings (SSSR count). The first-order chi connectivity index (χ1) is 7.10. The number of methoxy groups -OCH3 is 1. The molecule has 0 fully saturated rings. The molecule has 0 heterocycles. The van der Waals surface area contributed by atoms with E-state index in [4.69, 9.17) is 0 Å². The van der Waals surface area contributed by atoms with Gasteiger partial charge in [0.25, 0.3) is 0 Å². The highest BCUT2D eigenvalue weighted by molar-refractivity contribution is 5.78. The third-order valence-electron chi connectivity index (χ3n) is 1.91. The third kappa shape index (κ3) is 7.93. The van der Waals surface area contributed by atoms with Crippen molar-refractivity contribution in [2.45, 2.75) is 19.8 Å². The summed E-state index contributed by atoms with van der Waals surface area (Å²) in [5.41, 5.74) is 0.